The Morgan fingerprint density at radius 1 is 1.41 bits per heavy atom. The van der Waals surface area contributed by atoms with Crippen LogP contribution in [0, 0.1) is 0 Å². The van der Waals surface area contributed by atoms with Gasteiger partial charge in [0.2, 0.25) is 0 Å². The van der Waals surface area contributed by atoms with Crippen LogP contribution in [0.1, 0.15) is 25.5 Å². The summed E-state index contributed by atoms with van der Waals surface area (Å²) < 4.78 is 7.46. The van der Waals surface area contributed by atoms with Crippen LogP contribution in [0.4, 0.5) is 0 Å². The van der Waals surface area contributed by atoms with Crippen LogP contribution < -0.4 is 4.74 Å². The van der Waals surface area contributed by atoms with E-state index in [0.717, 1.165) is 11.3 Å². The van der Waals surface area contributed by atoms with E-state index in [9.17, 15) is 0 Å². The third kappa shape index (κ3) is 2.97. The van der Waals surface area contributed by atoms with Gasteiger partial charge in [0.25, 0.3) is 0 Å². The minimum absolute atomic E-state index is 0.330. The molecule has 2 rings (SSSR count). The predicted octanol–water partition coefficient (Wildman–Crippen LogP) is 3.09. The lowest BCUT2D eigenvalue weighted by Gasteiger charge is -2.05. The summed E-state index contributed by atoms with van der Waals surface area (Å²) in [4.78, 5) is 3.92. The molecule has 0 atom stereocenters. The molecular weight excluding hydrogens is 238 g/mol. The molecule has 0 unspecified atom stereocenters. The summed E-state index contributed by atoms with van der Waals surface area (Å²) >= 11 is 5.98. The minimum atomic E-state index is 0.330. The molecule has 0 aliphatic heterocycles. The molecule has 0 aliphatic rings. The molecule has 0 radical (unpaired) electrons. The van der Waals surface area contributed by atoms with Crippen LogP contribution in [0.2, 0.25) is 5.02 Å². The standard InChI is InChI=1S/C12H14ClN3O/c1-9(2)16-7-11(5-15-16)17-8-10-3-4-14-6-12(10)13/h3-7,9H,8H2,1-2H3. The second kappa shape index (κ2) is 5.19. The highest BCUT2D eigenvalue weighted by molar-refractivity contribution is 6.31. The maximum absolute atomic E-state index is 5.98. The Morgan fingerprint density at radius 3 is 2.88 bits per heavy atom. The van der Waals surface area contributed by atoms with Crippen LogP contribution in [0.25, 0.3) is 0 Å². The van der Waals surface area contributed by atoms with Crippen molar-refractivity contribution in [2.75, 3.05) is 0 Å². The Hall–Kier alpha value is -1.55. The number of pyridine rings is 1. The lowest BCUT2D eigenvalue weighted by molar-refractivity contribution is 0.305. The highest BCUT2D eigenvalue weighted by Gasteiger charge is 2.04. The van der Waals surface area contributed by atoms with Gasteiger partial charge in [0, 0.05) is 24.0 Å². The Balaban J connectivity index is 2.00. The van der Waals surface area contributed by atoms with Crippen molar-refractivity contribution in [3.63, 3.8) is 0 Å². The van der Waals surface area contributed by atoms with Gasteiger partial charge in [-0.2, -0.15) is 5.10 Å². The van der Waals surface area contributed by atoms with E-state index < -0.39 is 0 Å². The molecule has 2 aromatic rings. The summed E-state index contributed by atoms with van der Waals surface area (Å²) in [7, 11) is 0. The van der Waals surface area contributed by atoms with Crippen molar-refractivity contribution in [3.8, 4) is 5.75 Å². The van der Waals surface area contributed by atoms with E-state index in [-0.39, 0.29) is 0 Å². The largest absolute Gasteiger partial charge is 0.486 e. The fraction of sp³-hybridized carbons (Fsp3) is 0.333. The van der Waals surface area contributed by atoms with Crippen LogP contribution >= 0.6 is 11.6 Å². The molecule has 0 saturated carbocycles. The summed E-state index contributed by atoms with van der Waals surface area (Å²) in [5, 5.41) is 4.81. The molecule has 0 bridgehead atoms. The van der Waals surface area contributed by atoms with E-state index in [1.807, 2.05) is 16.9 Å². The molecule has 0 aromatic carbocycles. The van der Waals surface area contributed by atoms with E-state index in [0.29, 0.717) is 17.7 Å². The number of nitrogens with zero attached hydrogens (tertiary/aromatic N) is 3. The third-order valence-corrected chi connectivity index (χ3v) is 2.70. The van der Waals surface area contributed by atoms with Gasteiger partial charge >= 0.3 is 0 Å². The summed E-state index contributed by atoms with van der Waals surface area (Å²) in [6, 6.07) is 2.17. The van der Waals surface area contributed by atoms with Crippen LogP contribution in [0.5, 0.6) is 5.75 Å². The Labute approximate surface area is 105 Å². The van der Waals surface area contributed by atoms with Gasteiger partial charge in [-0.25, -0.2) is 0 Å². The molecule has 0 saturated heterocycles. The predicted molar refractivity (Wildman–Crippen MR) is 66.2 cm³/mol. The summed E-state index contributed by atoms with van der Waals surface area (Å²) in [5.74, 6) is 0.742. The second-order valence-corrected chi connectivity index (χ2v) is 4.41. The average Bonchev–Trinajstić information content (AvgIpc) is 2.77. The van der Waals surface area contributed by atoms with Crippen molar-refractivity contribution in [1.82, 2.24) is 14.8 Å². The molecule has 0 fully saturated rings. The normalized spacial score (nSPS) is 10.8. The van der Waals surface area contributed by atoms with Gasteiger partial charge in [-0.15, -0.1) is 0 Å². The Kier molecular flexibility index (Phi) is 3.64. The molecular formula is C12H14ClN3O. The zero-order chi connectivity index (χ0) is 12.3. The highest BCUT2D eigenvalue weighted by atomic mass is 35.5. The molecule has 0 N–H and O–H groups in total. The maximum Gasteiger partial charge on any atom is 0.157 e. The van der Waals surface area contributed by atoms with E-state index in [1.165, 1.54) is 0 Å². The van der Waals surface area contributed by atoms with Crippen molar-refractivity contribution in [3.05, 3.63) is 41.4 Å². The van der Waals surface area contributed by atoms with Gasteiger partial charge in [-0.05, 0) is 19.9 Å². The fourth-order valence-electron chi connectivity index (χ4n) is 1.36. The maximum atomic E-state index is 5.98. The smallest absolute Gasteiger partial charge is 0.157 e. The van der Waals surface area contributed by atoms with Crippen molar-refractivity contribution in [2.45, 2.75) is 26.5 Å². The van der Waals surface area contributed by atoms with Gasteiger partial charge in [0.15, 0.2) is 5.75 Å². The number of hydrogen-bond acceptors (Lipinski definition) is 3. The van der Waals surface area contributed by atoms with Gasteiger partial charge < -0.3 is 4.74 Å². The van der Waals surface area contributed by atoms with Crippen molar-refractivity contribution < 1.29 is 4.74 Å². The van der Waals surface area contributed by atoms with Crippen LogP contribution in [-0.2, 0) is 6.61 Å². The first-order valence-corrected chi connectivity index (χ1v) is 5.80. The van der Waals surface area contributed by atoms with E-state index in [2.05, 4.69) is 23.9 Å². The quantitative estimate of drug-likeness (QED) is 0.838. The number of ether oxygens (including phenoxy) is 1. The molecule has 2 heterocycles. The Morgan fingerprint density at radius 2 is 2.24 bits per heavy atom. The molecule has 90 valence electrons. The molecule has 4 nitrogen and oxygen atoms in total. The van der Waals surface area contributed by atoms with Gasteiger partial charge in [-0.1, -0.05) is 11.6 Å². The number of halogens is 1. The lowest BCUT2D eigenvalue weighted by atomic mass is 10.3. The number of aromatic nitrogens is 3. The van der Waals surface area contributed by atoms with Gasteiger partial charge in [-0.3, -0.25) is 9.67 Å². The molecule has 17 heavy (non-hydrogen) atoms. The van der Waals surface area contributed by atoms with Gasteiger partial charge in [0.1, 0.15) is 6.61 Å². The van der Waals surface area contributed by atoms with Crippen LogP contribution in [-0.4, -0.2) is 14.8 Å². The van der Waals surface area contributed by atoms with Gasteiger partial charge in [0.05, 0.1) is 17.4 Å². The van der Waals surface area contributed by atoms with Crippen molar-refractivity contribution in [2.24, 2.45) is 0 Å². The van der Waals surface area contributed by atoms with E-state index >= 15 is 0 Å². The molecule has 0 aliphatic carbocycles. The summed E-state index contributed by atoms with van der Waals surface area (Å²) in [6.45, 7) is 4.55. The first-order valence-electron chi connectivity index (χ1n) is 5.42. The SMILES string of the molecule is CC(C)n1cc(OCc2ccncc2Cl)cn1. The molecule has 5 heteroatoms. The zero-order valence-electron chi connectivity index (χ0n) is 9.80. The highest BCUT2D eigenvalue weighted by Crippen LogP contribution is 2.18. The van der Waals surface area contributed by atoms with Crippen molar-refractivity contribution >= 4 is 11.6 Å². The van der Waals surface area contributed by atoms with Crippen LogP contribution in [0.15, 0.2) is 30.9 Å². The number of hydrogen-bond donors (Lipinski definition) is 0. The molecule has 0 amide bonds. The third-order valence-electron chi connectivity index (χ3n) is 2.36. The first-order chi connectivity index (χ1) is 8.16. The van der Waals surface area contributed by atoms with Crippen molar-refractivity contribution in [1.29, 1.82) is 0 Å². The zero-order valence-corrected chi connectivity index (χ0v) is 10.6. The Bertz CT molecular complexity index is 496. The lowest BCUT2D eigenvalue weighted by Crippen LogP contribution is -2.00. The fourth-order valence-corrected chi connectivity index (χ4v) is 1.53. The summed E-state index contributed by atoms with van der Waals surface area (Å²) in [6.07, 6.45) is 6.88. The molecule has 0 spiro atoms. The van der Waals surface area contributed by atoms with E-state index in [1.54, 1.807) is 18.6 Å². The van der Waals surface area contributed by atoms with Crippen LogP contribution in [0.3, 0.4) is 0 Å². The summed E-state index contributed by atoms with van der Waals surface area (Å²) in [5.41, 5.74) is 0.916. The number of rotatable bonds is 4. The first kappa shape index (κ1) is 11.9. The minimum Gasteiger partial charge on any atom is -0.486 e. The monoisotopic (exact) mass is 251 g/mol. The average molecular weight is 252 g/mol. The topological polar surface area (TPSA) is 39.9 Å². The molecule has 2 aromatic heterocycles. The second-order valence-electron chi connectivity index (χ2n) is 4.01. The van der Waals surface area contributed by atoms with E-state index in [4.69, 9.17) is 16.3 Å².